The number of benzene rings is 2. The van der Waals surface area contributed by atoms with Gasteiger partial charge in [0.1, 0.15) is 5.75 Å². The van der Waals surface area contributed by atoms with Crippen molar-refractivity contribution in [1.82, 2.24) is 0 Å². The van der Waals surface area contributed by atoms with Crippen LogP contribution >= 0.6 is 10.5 Å². The number of hydrogen-bond donors (Lipinski definition) is 0. The van der Waals surface area contributed by atoms with E-state index in [4.69, 9.17) is 4.74 Å². The lowest BCUT2D eigenvalue weighted by molar-refractivity contribution is 0.331. The van der Waals surface area contributed by atoms with Gasteiger partial charge < -0.3 is 4.74 Å². The van der Waals surface area contributed by atoms with Crippen molar-refractivity contribution in [2.45, 2.75) is 65.2 Å². The van der Waals surface area contributed by atoms with Gasteiger partial charge in [-0.15, -0.1) is 10.5 Å². The average Bonchev–Trinajstić information content (AvgIpc) is 3.20. The van der Waals surface area contributed by atoms with Crippen LogP contribution in [0.1, 0.15) is 69.7 Å². The van der Waals surface area contributed by atoms with E-state index in [1.165, 1.54) is 46.2 Å². The lowest BCUT2D eigenvalue weighted by Crippen LogP contribution is -2.34. The largest absolute Gasteiger partial charge is 0.493 e. The van der Waals surface area contributed by atoms with Crippen LogP contribution in [-0.4, -0.2) is 17.5 Å². The number of nitrogens with zero attached hydrogens (tertiary/aromatic N) is 1. The van der Waals surface area contributed by atoms with E-state index in [2.05, 4.69) is 87.6 Å². The van der Waals surface area contributed by atoms with Crippen LogP contribution in [0.25, 0.3) is 11.1 Å². The molecule has 2 aromatic carbocycles. The number of ether oxygens (including phenoxy) is 1. The van der Waals surface area contributed by atoms with Gasteiger partial charge in [0.2, 0.25) is 0 Å². The number of aliphatic imine (C=N–C) groups is 1. The first-order valence-corrected chi connectivity index (χ1v) is 12.3. The Morgan fingerprint density at radius 3 is 2.33 bits per heavy atom. The number of fused-ring (bicyclic) bond motifs is 1. The first-order valence-electron chi connectivity index (χ1n) is 10.9. The molecular weight excluding hydrogens is 386 g/mol. The summed E-state index contributed by atoms with van der Waals surface area (Å²) in [6.07, 6.45) is 4.33. The molecule has 3 heteroatoms. The lowest BCUT2D eigenvalue weighted by Gasteiger charge is -2.42. The van der Waals surface area contributed by atoms with Gasteiger partial charge in [0.15, 0.2) is 0 Å². The van der Waals surface area contributed by atoms with Crippen LogP contribution in [0.3, 0.4) is 0 Å². The summed E-state index contributed by atoms with van der Waals surface area (Å²) in [5.41, 5.74) is 10.4. The molecule has 30 heavy (non-hydrogen) atoms. The Hall–Kier alpha value is -2.13. The van der Waals surface area contributed by atoms with Gasteiger partial charge in [0.25, 0.3) is 0 Å². The molecule has 1 aliphatic carbocycles. The normalized spacial score (nSPS) is 21.1. The molecule has 4 rings (SSSR count). The number of aryl methyl sites for hydroxylation is 1. The summed E-state index contributed by atoms with van der Waals surface area (Å²) in [5, 5.41) is 4.43. The van der Waals surface area contributed by atoms with Gasteiger partial charge >= 0.3 is 0 Å². The number of hydrogen-bond acceptors (Lipinski definition) is 2. The molecule has 0 spiro atoms. The van der Waals surface area contributed by atoms with Crippen molar-refractivity contribution in [2.24, 2.45) is 4.99 Å². The van der Waals surface area contributed by atoms with Crippen molar-refractivity contribution in [1.29, 1.82) is 0 Å². The molecule has 2 aromatic rings. The highest BCUT2D eigenvalue weighted by atomic mass is 32.2. The fraction of sp³-hybridized carbons (Fsp3) is 0.407. The van der Waals surface area contributed by atoms with E-state index in [1.807, 2.05) is 11.7 Å². The van der Waals surface area contributed by atoms with Gasteiger partial charge in [-0.25, -0.2) is 0 Å². The summed E-state index contributed by atoms with van der Waals surface area (Å²) in [6.45, 7) is 14.5. The Labute approximate surface area is 184 Å². The molecule has 2 nitrogen and oxygen atoms in total. The van der Waals surface area contributed by atoms with Crippen molar-refractivity contribution in [2.75, 3.05) is 6.61 Å². The van der Waals surface area contributed by atoms with E-state index in [0.29, 0.717) is 6.61 Å². The van der Waals surface area contributed by atoms with Crippen LogP contribution in [0.2, 0.25) is 0 Å². The highest BCUT2D eigenvalue weighted by Gasteiger charge is 2.37. The van der Waals surface area contributed by atoms with E-state index >= 15 is 0 Å². The SMILES string of the molecule is CCOc1ccc(C=S2C=CN=C2)cc1-c1cc2c(cc1C)C(C)(C)CCC2(C)C. The minimum Gasteiger partial charge on any atom is -0.493 e. The molecule has 158 valence electrons. The van der Waals surface area contributed by atoms with Crippen LogP contribution in [0.15, 0.2) is 46.9 Å². The first kappa shape index (κ1) is 21.1. The molecule has 1 unspecified atom stereocenters. The van der Waals surface area contributed by atoms with E-state index in [0.717, 1.165) is 5.75 Å². The topological polar surface area (TPSA) is 21.6 Å². The minimum atomic E-state index is -0.0215. The zero-order chi connectivity index (χ0) is 21.5. The standard InChI is InChI=1S/C27H33NOS/c1-7-29-25-9-8-20(17-30-13-12-28-18-30)15-22(25)21-16-24-23(14-19(21)2)26(3,4)10-11-27(24,5)6/h8-9,12-18H,7,10-11H2,1-6H3. The van der Waals surface area contributed by atoms with Crippen molar-refractivity contribution >= 4 is 21.4 Å². The Morgan fingerprint density at radius 2 is 1.70 bits per heavy atom. The smallest absolute Gasteiger partial charge is 0.127 e. The predicted octanol–water partition coefficient (Wildman–Crippen LogP) is 7.34. The van der Waals surface area contributed by atoms with Crippen molar-refractivity contribution in [3.8, 4) is 16.9 Å². The second-order valence-electron chi connectivity index (χ2n) is 9.73. The molecule has 0 bridgehead atoms. The third-order valence-corrected chi connectivity index (χ3v) is 7.90. The molecule has 2 aliphatic rings. The van der Waals surface area contributed by atoms with Crippen molar-refractivity contribution in [3.63, 3.8) is 0 Å². The Bertz CT molecular complexity index is 1060. The Kier molecular flexibility index (Phi) is 5.52. The van der Waals surface area contributed by atoms with Gasteiger partial charge in [-0.05, 0) is 94.3 Å². The Morgan fingerprint density at radius 1 is 1.00 bits per heavy atom. The Balaban J connectivity index is 1.90. The summed E-state index contributed by atoms with van der Waals surface area (Å²) in [7, 11) is -0.0215. The summed E-state index contributed by atoms with van der Waals surface area (Å²) in [6, 6.07) is 11.5. The maximum absolute atomic E-state index is 6.06. The monoisotopic (exact) mass is 419 g/mol. The molecule has 1 heterocycles. The second kappa shape index (κ2) is 7.85. The molecule has 0 saturated carbocycles. The van der Waals surface area contributed by atoms with E-state index < -0.39 is 0 Å². The second-order valence-corrected chi connectivity index (χ2v) is 11.3. The molecule has 0 saturated heterocycles. The third-order valence-electron chi connectivity index (χ3n) is 6.55. The molecule has 0 radical (unpaired) electrons. The van der Waals surface area contributed by atoms with Crippen LogP contribution in [-0.2, 0) is 10.8 Å². The zero-order valence-electron chi connectivity index (χ0n) is 19.1. The van der Waals surface area contributed by atoms with E-state index in [-0.39, 0.29) is 21.3 Å². The molecular formula is C27H33NOS. The maximum atomic E-state index is 6.06. The first-order chi connectivity index (χ1) is 14.2. The maximum Gasteiger partial charge on any atom is 0.127 e. The summed E-state index contributed by atoms with van der Waals surface area (Å²) < 4.78 is 6.06. The van der Waals surface area contributed by atoms with E-state index in [1.54, 1.807) is 0 Å². The van der Waals surface area contributed by atoms with Gasteiger partial charge in [0, 0.05) is 11.8 Å². The van der Waals surface area contributed by atoms with Crippen LogP contribution in [0, 0.1) is 6.92 Å². The third kappa shape index (κ3) is 3.92. The van der Waals surface area contributed by atoms with Gasteiger partial charge in [-0.3, -0.25) is 4.99 Å². The summed E-state index contributed by atoms with van der Waals surface area (Å²) >= 11 is 0. The molecule has 0 amide bonds. The quantitative estimate of drug-likeness (QED) is 0.475. The minimum absolute atomic E-state index is 0.0215. The lowest BCUT2D eigenvalue weighted by atomic mass is 9.62. The molecule has 0 N–H and O–H groups in total. The predicted molar refractivity (Wildman–Crippen MR) is 133 cm³/mol. The highest BCUT2D eigenvalue weighted by molar-refractivity contribution is 8.29. The molecule has 1 atom stereocenters. The summed E-state index contributed by atoms with van der Waals surface area (Å²) in [4.78, 5) is 4.23. The van der Waals surface area contributed by atoms with Crippen LogP contribution < -0.4 is 4.74 Å². The van der Waals surface area contributed by atoms with Gasteiger partial charge in [-0.2, -0.15) is 0 Å². The van der Waals surface area contributed by atoms with Gasteiger partial charge in [-0.1, -0.05) is 39.8 Å². The fourth-order valence-electron chi connectivity index (χ4n) is 4.60. The average molecular weight is 420 g/mol. The molecule has 1 aliphatic heterocycles. The summed E-state index contributed by atoms with van der Waals surface area (Å²) in [5.74, 6) is 0.963. The highest BCUT2D eigenvalue weighted by Crippen LogP contribution is 2.48. The van der Waals surface area contributed by atoms with Crippen molar-refractivity contribution < 1.29 is 4.74 Å². The van der Waals surface area contributed by atoms with Gasteiger partial charge in [0.05, 0.1) is 12.2 Å². The van der Waals surface area contributed by atoms with Crippen LogP contribution in [0.4, 0.5) is 0 Å². The van der Waals surface area contributed by atoms with E-state index in [9.17, 15) is 0 Å². The molecule has 0 aromatic heterocycles. The van der Waals surface area contributed by atoms with Crippen molar-refractivity contribution in [3.05, 3.63) is 64.2 Å². The fourth-order valence-corrected chi connectivity index (χ4v) is 5.69. The van der Waals surface area contributed by atoms with Crippen LogP contribution in [0.5, 0.6) is 5.75 Å². The zero-order valence-corrected chi connectivity index (χ0v) is 19.9. The number of rotatable bonds is 4. The molecule has 0 fully saturated rings.